The minimum absolute atomic E-state index is 0.579. The van der Waals surface area contributed by atoms with Gasteiger partial charge in [-0.25, -0.2) is 44.9 Å². The number of nitrogens with zero attached hydrogens (tertiary/aromatic N) is 9. The van der Waals surface area contributed by atoms with Crippen molar-refractivity contribution in [1.29, 1.82) is 0 Å². The molecular formula is C108H85N9S27. The standard InChI is InChI=1S/C108H85N9S27/c1-8-53-118-91-44-35-73(136-91)64-17-26-82(127-64)100-111-105(87-31-22-69(132-87)78-40-49-96(141-78)123-58-13-15-62(6)60-125-98-51-42-80(143-98)71-24-33-89(134-71)107-114-101(83-27-18-65(128-83)74-36-45-92(137-74)119-54-9-2)109-102(115-107)84-28-19-66(129-84)75-37-46-93(138-75)120-55-10-3)113-106(112-100)88-32-23-70(133-88)79-41-50-97(142-79)124-59-14-16-63(7)61-126-99-52-43-81(144-99)72-25-34-90(135-72)108-116-103(85-29-20-67(130-85)76-38-47-94(139-76)121-56-11-4)110-104(117-108)86-30-21-68(131-86)77-39-48-95(140-77)122-57-12-5/h8-12,17-52,62-63H,1-5,13-16,53-61H2,6-7H3. The van der Waals surface area contributed by atoms with Gasteiger partial charge in [-0.15, -0.1) is 343 Å². The van der Waals surface area contributed by atoms with E-state index in [1.54, 1.807) is 102 Å². The highest BCUT2D eigenvalue weighted by Gasteiger charge is 2.26. The van der Waals surface area contributed by atoms with Gasteiger partial charge in [0.1, 0.15) is 0 Å². The van der Waals surface area contributed by atoms with Gasteiger partial charge in [0, 0.05) is 128 Å². The summed E-state index contributed by atoms with van der Waals surface area (Å²) in [7, 11) is 0. The summed E-state index contributed by atoms with van der Waals surface area (Å²) < 4.78 is 11.8. The molecule has 0 bridgehead atoms. The highest BCUT2D eigenvalue weighted by molar-refractivity contribution is 8.03. The van der Waals surface area contributed by atoms with E-state index in [4.69, 9.17) is 44.9 Å². The largest absolute Gasteiger partial charge is 0.206 e. The first kappa shape index (κ1) is 103. The average molecular weight is 2370 g/mol. The first-order chi connectivity index (χ1) is 70.7. The van der Waals surface area contributed by atoms with E-state index in [1.165, 1.54) is 139 Å². The van der Waals surface area contributed by atoms with Crippen molar-refractivity contribution < 1.29 is 0 Å². The predicted octanol–water partition coefficient (Wildman–Crippen LogP) is 42.3. The zero-order valence-electron chi connectivity index (χ0n) is 77.1. The van der Waals surface area contributed by atoms with Crippen LogP contribution in [-0.2, 0) is 0 Å². The molecule has 9 nitrogen and oxygen atoms in total. The van der Waals surface area contributed by atoms with Crippen LogP contribution in [0.4, 0.5) is 0 Å². The average Bonchev–Trinajstić information content (AvgIpc) is 1.64. The number of hydrogen-bond donors (Lipinski definition) is 0. The van der Waals surface area contributed by atoms with E-state index in [2.05, 4.69) is 265 Å². The normalized spacial score (nSPS) is 12.1. The maximum absolute atomic E-state index is 5.32. The highest BCUT2D eigenvalue weighted by Crippen LogP contribution is 2.52. The maximum Gasteiger partial charge on any atom is 0.174 e. The summed E-state index contributed by atoms with van der Waals surface area (Å²) in [4.78, 5) is 78.5. The number of thioether (sulfide) groups is 9. The van der Waals surface area contributed by atoms with E-state index in [1.807, 2.05) is 238 Å². The van der Waals surface area contributed by atoms with Gasteiger partial charge >= 0.3 is 0 Å². The molecule has 36 heteroatoms. The maximum atomic E-state index is 5.32. The number of aromatic nitrogens is 9. The Balaban J connectivity index is 0.426. The molecule has 0 saturated heterocycles. The van der Waals surface area contributed by atoms with Gasteiger partial charge in [-0.3, -0.25) is 0 Å². The third kappa shape index (κ3) is 25.9. The molecule has 0 spiro atoms. The molecule has 0 amide bonds. The third-order valence-electron chi connectivity index (χ3n) is 21.7. The first-order valence-corrected chi connectivity index (χ1v) is 69.1. The Morgan fingerprint density at radius 2 is 0.312 bits per heavy atom. The molecule has 0 aromatic carbocycles. The Hall–Kier alpha value is -6.52. The van der Waals surface area contributed by atoms with Crippen molar-refractivity contribution in [3.63, 3.8) is 0 Å². The fourth-order valence-electron chi connectivity index (χ4n) is 14.7. The van der Waals surface area contributed by atoms with Crippen LogP contribution in [0.25, 0.3) is 184 Å². The van der Waals surface area contributed by atoms with Crippen LogP contribution in [0.5, 0.6) is 0 Å². The second kappa shape index (κ2) is 49.7. The summed E-state index contributed by atoms with van der Waals surface area (Å²) >= 11 is 49.3. The molecule has 0 aliphatic rings. The van der Waals surface area contributed by atoms with Gasteiger partial charge in [0.25, 0.3) is 0 Å². The summed E-state index contributed by atoms with van der Waals surface area (Å²) in [6.45, 7) is 24.4. The van der Waals surface area contributed by atoms with Gasteiger partial charge < -0.3 is 0 Å². The zero-order valence-corrected chi connectivity index (χ0v) is 99.1. The molecule has 0 fully saturated rings. The monoisotopic (exact) mass is 2370 g/mol. The van der Waals surface area contributed by atoms with Crippen LogP contribution in [-0.4, -0.2) is 96.6 Å². The van der Waals surface area contributed by atoms with Crippen molar-refractivity contribution in [2.45, 2.75) is 77.4 Å². The van der Waals surface area contributed by atoms with Crippen LogP contribution < -0.4 is 0 Å². The fourth-order valence-corrected chi connectivity index (χ4v) is 42.3. The van der Waals surface area contributed by atoms with Crippen molar-refractivity contribution in [3.05, 3.63) is 282 Å². The Morgan fingerprint density at radius 3 is 0.472 bits per heavy atom. The van der Waals surface area contributed by atoms with Gasteiger partial charge in [0.2, 0.25) is 0 Å². The van der Waals surface area contributed by atoms with E-state index >= 15 is 0 Å². The molecule has 21 aromatic heterocycles. The van der Waals surface area contributed by atoms with Gasteiger partial charge in [0.05, 0.1) is 81.8 Å². The van der Waals surface area contributed by atoms with E-state index in [0.717, 1.165) is 109 Å². The Kier molecular flexibility index (Phi) is 35.6. The first-order valence-electron chi connectivity index (χ1n) is 45.6. The smallest absolute Gasteiger partial charge is 0.174 e. The summed E-state index contributed by atoms with van der Waals surface area (Å²) in [5.74, 6) is 16.1. The summed E-state index contributed by atoms with van der Waals surface area (Å²) in [5, 5.41) is 0. The van der Waals surface area contributed by atoms with E-state index < -0.39 is 0 Å². The summed E-state index contributed by atoms with van der Waals surface area (Å²) in [6.07, 6.45) is 14.4. The Bertz CT molecular complexity index is 7370. The van der Waals surface area contributed by atoms with Crippen molar-refractivity contribution >= 4 is 310 Å². The lowest BCUT2D eigenvalue weighted by atomic mass is 10.1. The second-order valence-corrected chi connectivity index (χ2v) is 63.8. The molecule has 0 aliphatic carbocycles. The minimum atomic E-state index is 0.579. The quantitative estimate of drug-likeness (QED) is 0.0204. The van der Waals surface area contributed by atoms with E-state index in [9.17, 15) is 0 Å². The number of rotatable bonds is 49. The SMILES string of the molecule is C=CCSc1ccc(-c2ccc(-c3nc(-c4ccc(-c5ccc(SCCCC(C)CSc6ccc(-c7ccc(-c8nc(-c9ccc(-c%10ccc(SCC=C)s%10)s9)nc(-c9ccc(-c%10ccc(SCC=C)s%10)s9)n8)s7)s6)s5)s4)nc(-c4ccc(-c5ccc(SCCCC(C)CSc6ccc(-c7ccc(-c8nc(-c9ccc(-c%10ccc(SCC=C)s%10)s9)nc(-c9ccc(-c%10ccc(SCC=C)s%10)s9)n8)s7)s6)s5)s4)n3)s2)s1. The van der Waals surface area contributed by atoms with E-state index in [-0.39, 0.29) is 0 Å². The van der Waals surface area contributed by atoms with Crippen LogP contribution in [0.15, 0.2) is 320 Å². The molecule has 724 valence electrons. The predicted molar refractivity (Wildman–Crippen MR) is 663 cm³/mol. The van der Waals surface area contributed by atoms with Crippen molar-refractivity contribution in [2.75, 3.05) is 51.8 Å². The summed E-state index contributed by atoms with van der Waals surface area (Å²) in [5.41, 5.74) is 0. The summed E-state index contributed by atoms with van der Waals surface area (Å²) in [6, 6.07) is 80.1. The van der Waals surface area contributed by atoms with Gasteiger partial charge in [-0.05, 0) is 267 Å². The molecule has 21 heterocycles. The number of hydrogen-bond acceptors (Lipinski definition) is 36. The Labute approximate surface area is 949 Å². The number of thiophene rings is 18. The molecule has 0 saturated carbocycles. The van der Waals surface area contributed by atoms with Crippen LogP contribution in [0.1, 0.15) is 39.5 Å². The van der Waals surface area contributed by atoms with Crippen molar-refractivity contribution in [3.8, 4) is 184 Å². The highest BCUT2D eigenvalue weighted by atomic mass is 32.2. The zero-order chi connectivity index (χ0) is 97.8. The molecule has 144 heavy (non-hydrogen) atoms. The van der Waals surface area contributed by atoms with Crippen molar-refractivity contribution in [1.82, 2.24) is 44.9 Å². The lowest BCUT2D eigenvalue weighted by Gasteiger charge is -2.09. The van der Waals surface area contributed by atoms with Crippen LogP contribution in [0.3, 0.4) is 0 Å². The minimum Gasteiger partial charge on any atom is -0.206 e. The van der Waals surface area contributed by atoms with Crippen LogP contribution in [0, 0.1) is 11.8 Å². The third-order valence-corrected chi connectivity index (χ3v) is 54.8. The van der Waals surface area contributed by atoms with E-state index in [0.29, 0.717) is 64.3 Å². The fraction of sp³-hybridized carbons (Fsp3) is 0.157. The Morgan fingerprint density at radius 1 is 0.181 bits per heavy atom. The molecule has 21 aromatic rings. The molecule has 2 unspecified atom stereocenters. The molecule has 0 radical (unpaired) electrons. The molecule has 2 atom stereocenters. The second-order valence-electron chi connectivity index (χ2n) is 32.3. The van der Waals surface area contributed by atoms with Gasteiger partial charge in [-0.2, -0.15) is 0 Å². The van der Waals surface area contributed by atoms with Gasteiger partial charge in [0.15, 0.2) is 52.4 Å². The molecular weight excluding hydrogens is 2290 g/mol. The van der Waals surface area contributed by atoms with Crippen LogP contribution >= 0.6 is 310 Å². The van der Waals surface area contributed by atoms with Gasteiger partial charge in [-0.1, -0.05) is 44.2 Å². The van der Waals surface area contributed by atoms with Crippen LogP contribution in [0.2, 0.25) is 0 Å². The molecule has 0 aliphatic heterocycles. The lowest BCUT2D eigenvalue weighted by Crippen LogP contribution is -1.98. The topological polar surface area (TPSA) is 116 Å². The lowest BCUT2D eigenvalue weighted by molar-refractivity contribution is 0.588. The molecule has 21 rings (SSSR count). The molecule has 0 N–H and O–H groups in total. The van der Waals surface area contributed by atoms with Crippen molar-refractivity contribution in [2.24, 2.45) is 11.8 Å².